The minimum atomic E-state index is 0.0718. The van der Waals surface area contributed by atoms with Gasteiger partial charge in [-0.3, -0.25) is 9.78 Å². The highest BCUT2D eigenvalue weighted by molar-refractivity contribution is 5.92. The van der Waals surface area contributed by atoms with Gasteiger partial charge >= 0.3 is 0 Å². The van der Waals surface area contributed by atoms with E-state index in [1.54, 1.807) is 12.3 Å². The van der Waals surface area contributed by atoms with E-state index in [1.807, 2.05) is 17.0 Å². The highest BCUT2D eigenvalue weighted by atomic mass is 16.2. The average Bonchev–Trinajstić information content (AvgIpc) is 2.30. The summed E-state index contributed by atoms with van der Waals surface area (Å²) >= 11 is 0. The summed E-state index contributed by atoms with van der Waals surface area (Å²) < 4.78 is 0. The number of carbonyl (C=O) groups excluding carboxylic acids is 1. The highest BCUT2D eigenvalue weighted by Gasteiger charge is 2.21. The molecule has 1 amide bonds. The molecule has 0 unspecified atom stereocenters. The Kier molecular flexibility index (Phi) is 2.99. The molecule has 15 heavy (non-hydrogen) atoms. The quantitative estimate of drug-likeness (QED) is 0.700. The molecule has 3 heteroatoms. The van der Waals surface area contributed by atoms with E-state index < -0.39 is 0 Å². The molecule has 1 aliphatic rings. The van der Waals surface area contributed by atoms with Gasteiger partial charge in [0.15, 0.2) is 0 Å². The lowest BCUT2D eigenvalue weighted by molar-refractivity contribution is 0.0691. The Morgan fingerprint density at radius 3 is 2.73 bits per heavy atom. The van der Waals surface area contributed by atoms with Crippen LogP contribution in [0.2, 0.25) is 0 Å². The third-order valence-electron chi connectivity index (χ3n) is 2.95. The van der Waals surface area contributed by atoms with Crippen LogP contribution in [0.25, 0.3) is 0 Å². The number of aromatic nitrogens is 1. The molecule has 1 aromatic rings. The van der Waals surface area contributed by atoms with Crippen LogP contribution in [-0.4, -0.2) is 28.9 Å². The maximum absolute atomic E-state index is 12.0. The smallest absolute Gasteiger partial charge is 0.272 e. The van der Waals surface area contributed by atoms with Crippen molar-refractivity contribution < 1.29 is 4.79 Å². The van der Waals surface area contributed by atoms with Crippen molar-refractivity contribution in [2.75, 3.05) is 13.1 Å². The molecule has 0 bridgehead atoms. The summed E-state index contributed by atoms with van der Waals surface area (Å²) in [5.74, 6) is 0.820. The van der Waals surface area contributed by atoms with Gasteiger partial charge in [-0.15, -0.1) is 0 Å². The normalized spacial score (nSPS) is 17.8. The monoisotopic (exact) mass is 204 g/mol. The molecule has 0 spiro atoms. The van der Waals surface area contributed by atoms with Crippen LogP contribution >= 0.6 is 0 Å². The molecule has 1 aliphatic heterocycles. The van der Waals surface area contributed by atoms with E-state index >= 15 is 0 Å². The van der Waals surface area contributed by atoms with Crippen LogP contribution in [0.4, 0.5) is 0 Å². The number of piperidine rings is 1. The number of amides is 1. The fourth-order valence-electron chi connectivity index (χ4n) is 1.86. The molecule has 3 nitrogen and oxygen atoms in total. The maximum Gasteiger partial charge on any atom is 0.272 e. The van der Waals surface area contributed by atoms with Gasteiger partial charge in [-0.25, -0.2) is 0 Å². The average molecular weight is 204 g/mol. The first-order chi connectivity index (χ1) is 7.27. The predicted molar refractivity (Wildman–Crippen MR) is 58.5 cm³/mol. The lowest BCUT2D eigenvalue weighted by Gasteiger charge is -2.29. The van der Waals surface area contributed by atoms with Crippen molar-refractivity contribution in [3.8, 4) is 0 Å². The first-order valence-corrected chi connectivity index (χ1v) is 5.47. The third-order valence-corrected chi connectivity index (χ3v) is 2.95. The second-order valence-corrected chi connectivity index (χ2v) is 4.19. The van der Waals surface area contributed by atoms with Gasteiger partial charge in [0.25, 0.3) is 5.91 Å². The van der Waals surface area contributed by atoms with Crippen molar-refractivity contribution in [1.82, 2.24) is 9.88 Å². The summed E-state index contributed by atoms with van der Waals surface area (Å²) in [5, 5.41) is 0. The minimum Gasteiger partial charge on any atom is -0.337 e. The second kappa shape index (κ2) is 4.43. The molecular weight excluding hydrogens is 188 g/mol. The Labute approximate surface area is 90.1 Å². The van der Waals surface area contributed by atoms with Gasteiger partial charge < -0.3 is 4.90 Å². The molecule has 1 saturated heterocycles. The molecule has 0 saturated carbocycles. The van der Waals surface area contributed by atoms with Crippen molar-refractivity contribution in [3.05, 3.63) is 30.1 Å². The van der Waals surface area contributed by atoms with E-state index in [-0.39, 0.29) is 5.91 Å². The summed E-state index contributed by atoms with van der Waals surface area (Å²) in [4.78, 5) is 18.0. The lowest BCUT2D eigenvalue weighted by Crippen LogP contribution is -2.38. The van der Waals surface area contributed by atoms with Gasteiger partial charge in [0.1, 0.15) is 5.69 Å². The first kappa shape index (κ1) is 10.1. The van der Waals surface area contributed by atoms with Gasteiger partial charge in [-0.2, -0.15) is 0 Å². The zero-order valence-electron chi connectivity index (χ0n) is 9.02. The topological polar surface area (TPSA) is 33.2 Å². The van der Waals surface area contributed by atoms with Crippen molar-refractivity contribution >= 4 is 5.91 Å². The molecule has 2 rings (SSSR count). The van der Waals surface area contributed by atoms with Gasteiger partial charge in [-0.1, -0.05) is 13.0 Å². The Hall–Kier alpha value is -1.38. The highest BCUT2D eigenvalue weighted by Crippen LogP contribution is 2.17. The molecule has 0 radical (unpaired) electrons. The van der Waals surface area contributed by atoms with E-state index in [2.05, 4.69) is 11.9 Å². The number of pyridine rings is 1. The molecule has 1 aromatic heterocycles. The first-order valence-electron chi connectivity index (χ1n) is 5.47. The van der Waals surface area contributed by atoms with Crippen molar-refractivity contribution in [1.29, 1.82) is 0 Å². The summed E-state index contributed by atoms with van der Waals surface area (Å²) in [6, 6.07) is 5.46. The molecule has 2 heterocycles. The summed E-state index contributed by atoms with van der Waals surface area (Å²) in [7, 11) is 0. The van der Waals surface area contributed by atoms with E-state index in [0.717, 1.165) is 31.8 Å². The number of hydrogen-bond acceptors (Lipinski definition) is 2. The molecule has 1 fully saturated rings. The van der Waals surface area contributed by atoms with Gasteiger partial charge in [0.05, 0.1) is 0 Å². The number of carbonyl (C=O) groups is 1. The van der Waals surface area contributed by atoms with Crippen molar-refractivity contribution in [3.63, 3.8) is 0 Å². The van der Waals surface area contributed by atoms with E-state index in [1.165, 1.54) is 0 Å². The summed E-state index contributed by atoms with van der Waals surface area (Å²) in [6.07, 6.45) is 3.89. The zero-order chi connectivity index (χ0) is 10.7. The fraction of sp³-hybridized carbons (Fsp3) is 0.500. The molecular formula is C12H16N2O. The third kappa shape index (κ3) is 2.35. The SMILES string of the molecule is CC1CCN(C(=O)c2ccccn2)CC1. The standard InChI is InChI=1S/C12H16N2O/c1-10-5-8-14(9-6-10)12(15)11-4-2-3-7-13-11/h2-4,7,10H,5-6,8-9H2,1H3. The van der Waals surface area contributed by atoms with E-state index in [9.17, 15) is 4.79 Å². The molecule has 80 valence electrons. The Morgan fingerprint density at radius 2 is 2.13 bits per heavy atom. The predicted octanol–water partition coefficient (Wildman–Crippen LogP) is 1.95. The lowest BCUT2D eigenvalue weighted by atomic mass is 9.99. The van der Waals surface area contributed by atoms with Crippen LogP contribution in [0, 0.1) is 5.92 Å². The molecule has 0 aliphatic carbocycles. The van der Waals surface area contributed by atoms with Gasteiger partial charge in [0, 0.05) is 19.3 Å². The molecule has 0 atom stereocenters. The largest absolute Gasteiger partial charge is 0.337 e. The zero-order valence-corrected chi connectivity index (χ0v) is 9.02. The number of rotatable bonds is 1. The second-order valence-electron chi connectivity index (χ2n) is 4.19. The number of nitrogens with zero attached hydrogens (tertiary/aromatic N) is 2. The van der Waals surface area contributed by atoms with Gasteiger partial charge in [-0.05, 0) is 30.9 Å². The summed E-state index contributed by atoms with van der Waals surface area (Å²) in [5.41, 5.74) is 0.562. The maximum atomic E-state index is 12.0. The number of likely N-dealkylation sites (tertiary alicyclic amines) is 1. The van der Waals surface area contributed by atoms with Crippen LogP contribution in [0.1, 0.15) is 30.3 Å². The minimum absolute atomic E-state index is 0.0718. The fourth-order valence-corrected chi connectivity index (χ4v) is 1.86. The van der Waals surface area contributed by atoms with Crippen LogP contribution in [0.15, 0.2) is 24.4 Å². The van der Waals surface area contributed by atoms with E-state index in [4.69, 9.17) is 0 Å². The Bertz CT molecular complexity index is 329. The van der Waals surface area contributed by atoms with Crippen LogP contribution in [-0.2, 0) is 0 Å². The van der Waals surface area contributed by atoms with Crippen LogP contribution in [0.3, 0.4) is 0 Å². The summed E-state index contributed by atoms with van der Waals surface area (Å²) in [6.45, 7) is 3.98. The Balaban J connectivity index is 2.03. The number of hydrogen-bond donors (Lipinski definition) is 0. The Morgan fingerprint density at radius 1 is 1.40 bits per heavy atom. The van der Waals surface area contributed by atoms with Crippen LogP contribution in [0.5, 0.6) is 0 Å². The van der Waals surface area contributed by atoms with Crippen molar-refractivity contribution in [2.24, 2.45) is 5.92 Å². The molecule has 0 N–H and O–H groups in total. The van der Waals surface area contributed by atoms with Crippen molar-refractivity contribution in [2.45, 2.75) is 19.8 Å². The van der Waals surface area contributed by atoms with Gasteiger partial charge in [0.2, 0.25) is 0 Å². The molecule has 0 aromatic carbocycles. The van der Waals surface area contributed by atoms with Crippen LogP contribution < -0.4 is 0 Å². The van der Waals surface area contributed by atoms with E-state index in [0.29, 0.717) is 5.69 Å².